The molecular weight excluding hydrogens is 328 g/mol. The van der Waals surface area contributed by atoms with Crippen molar-refractivity contribution >= 4 is 33.4 Å². The van der Waals surface area contributed by atoms with Gasteiger partial charge in [0.1, 0.15) is 0 Å². The Kier molecular flexibility index (Phi) is 4.87. The first-order valence-electron chi connectivity index (χ1n) is 6.44. The summed E-state index contributed by atoms with van der Waals surface area (Å²) >= 11 is 9.30. The van der Waals surface area contributed by atoms with Gasteiger partial charge < -0.3 is 10.6 Å². The van der Waals surface area contributed by atoms with Crippen molar-refractivity contribution in [3.05, 3.63) is 33.3 Å². The van der Waals surface area contributed by atoms with Gasteiger partial charge in [0.05, 0.1) is 5.56 Å². The summed E-state index contributed by atoms with van der Waals surface area (Å²) in [6.07, 6.45) is 2.30. The minimum atomic E-state index is -0.0822. The number of benzene rings is 1. The second-order valence-corrected chi connectivity index (χ2v) is 6.69. The Balaban J connectivity index is 1.99. The van der Waals surface area contributed by atoms with Crippen molar-refractivity contribution in [3.8, 4) is 0 Å². The lowest BCUT2D eigenvalue weighted by atomic mass is 9.83. The molecule has 0 spiro atoms. The fourth-order valence-electron chi connectivity index (χ4n) is 2.33. The van der Waals surface area contributed by atoms with Gasteiger partial charge in [0, 0.05) is 22.6 Å². The SMILES string of the molecule is CC1(CNC(=O)c2cc(Cl)ccc2Br)CCCNC1. The summed E-state index contributed by atoms with van der Waals surface area (Å²) in [7, 11) is 0. The Hall–Kier alpha value is -0.580. The summed E-state index contributed by atoms with van der Waals surface area (Å²) < 4.78 is 0.765. The molecule has 1 fully saturated rings. The standard InChI is InChI=1S/C14H18BrClN2O/c1-14(5-2-6-17-8-14)9-18-13(19)11-7-10(16)3-4-12(11)15/h3-4,7,17H,2,5-6,8-9H2,1H3,(H,18,19). The van der Waals surface area contributed by atoms with E-state index in [4.69, 9.17) is 11.6 Å². The maximum absolute atomic E-state index is 12.2. The zero-order valence-corrected chi connectivity index (χ0v) is 13.3. The third-order valence-corrected chi connectivity index (χ3v) is 4.46. The quantitative estimate of drug-likeness (QED) is 0.883. The van der Waals surface area contributed by atoms with Crippen molar-refractivity contribution < 1.29 is 4.79 Å². The van der Waals surface area contributed by atoms with Crippen LogP contribution in [0.25, 0.3) is 0 Å². The van der Waals surface area contributed by atoms with Gasteiger partial charge >= 0.3 is 0 Å². The van der Waals surface area contributed by atoms with Crippen LogP contribution in [0.1, 0.15) is 30.1 Å². The van der Waals surface area contributed by atoms with Crippen LogP contribution in [0.15, 0.2) is 22.7 Å². The van der Waals surface area contributed by atoms with Crippen molar-refractivity contribution in [2.24, 2.45) is 5.41 Å². The predicted molar refractivity (Wildman–Crippen MR) is 81.7 cm³/mol. The Morgan fingerprint density at radius 2 is 2.37 bits per heavy atom. The second kappa shape index (κ2) is 6.25. The molecule has 1 aliphatic heterocycles. The molecule has 104 valence electrons. The van der Waals surface area contributed by atoms with Crippen LogP contribution in [0.3, 0.4) is 0 Å². The highest BCUT2D eigenvalue weighted by Gasteiger charge is 2.27. The highest BCUT2D eigenvalue weighted by atomic mass is 79.9. The number of rotatable bonds is 3. The Labute approximate surface area is 127 Å². The predicted octanol–water partition coefficient (Wildman–Crippen LogP) is 3.22. The molecule has 5 heteroatoms. The minimum absolute atomic E-state index is 0.0822. The van der Waals surface area contributed by atoms with Crippen LogP contribution < -0.4 is 10.6 Å². The maximum Gasteiger partial charge on any atom is 0.252 e. The monoisotopic (exact) mass is 344 g/mol. The zero-order chi connectivity index (χ0) is 13.9. The smallest absolute Gasteiger partial charge is 0.252 e. The molecule has 0 saturated carbocycles. The number of amides is 1. The molecule has 1 aliphatic rings. The summed E-state index contributed by atoms with van der Waals surface area (Å²) in [6.45, 7) is 4.90. The molecule has 1 unspecified atom stereocenters. The van der Waals surface area contributed by atoms with Gasteiger partial charge in [0.25, 0.3) is 5.91 Å². The molecule has 19 heavy (non-hydrogen) atoms. The van der Waals surface area contributed by atoms with E-state index < -0.39 is 0 Å². The first-order valence-corrected chi connectivity index (χ1v) is 7.61. The Morgan fingerprint density at radius 1 is 1.58 bits per heavy atom. The number of halogens is 2. The Morgan fingerprint density at radius 3 is 3.05 bits per heavy atom. The van der Waals surface area contributed by atoms with Crippen LogP contribution in [0.5, 0.6) is 0 Å². The molecule has 1 atom stereocenters. The van der Waals surface area contributed by atoms with Gasteiger partial charge in [0.2, 0.25) is 0 Å². The molecule has 2 N–H and O–H groups in total. The molecule has 3 nitrogen and oxygen atoms in total. The van der Waals surface area contributed by atoms with Crippen LogP contribution in [-0.4, -0.2) is 25.5 Å². The van der Waals surface area contributed by atoms with Crippen LogP contribution in [0, 0.1) is 5.41 Å². The number of piperidine rings is 1. The molecule has 0 aliphatic carbocycles. The first kappa shape index (κ1) is 14.8. The zero-order valence-electron chi connectivity index (χ0n) is 10.9. The van der Waals surface area contributed by atoms with Crippen molar-refractivity contribution in [1.29, 1.82) is 0 Å². The topological polar surface area (TPSA) is 41.1 Å². The summed E-state index contributed by atoms with van der Waals surface area (Å²) in [5.41, 5.74) is 0.721. The van der Waals surface area contributed by atoms with Crippen molar-refractivity contribution in [1.82, 2.24) is 10.6 Å². The number of nitrogens with one attached hydrogen (secondary N) is 2. The van der Waals surface area contributed by atoms with Gasteiger partial charge in [-0.2, -0.15) is 0 Å². The maximum atomic E-state index is 12.2. The lowest BCUT2D eigenvalue weighted by molar-refractivity contribution is 0.0924. The van der Waals surface area contributed by atoms with E-state index in [1.54, 1.807) is 18.2 Å². The molecule has 0 bridgehead atoms. The van der Waals surface area contributed by atoms with Gasteiger partial charge in [-0.05, 0) is 58.9 Å². The van der Waals surface area contributed by atoms with Gasteiger partial charge in [-0.25, -0.2) is 0 Å². The lowest BCUT2D eigenvalue weighted by Gasteiger charge is -2.34. The van der Waals surface area contributed by atoms with Crippen LogP contribution in [-0.2, 0) is 0 Å². The van der Waals surface area contributed by atoms with E-state index in [0.717, 1.165) is 30.4 Å². The van der Waals surface area contributed by atoms with Crippen molar-refractivity contribution in [3.63, 3.8) is 0 Å². The third-order valence-electron chi connectivity index (χ3n) is 3.53. The average Bonchev–Trinajstić information content (AvgIpc) is 2.40. The minimum Gasteiger partial charge on any atom is -0.351 e. The van der Waals surface area contributed by atoms with Crippen molar-refractivity contribution in [2.75, 3.05) is 19.6 Å². The average molecular weight is 346 g/mol. The summed E-state index contributed by atoms with van der Waals surface area (Å²) in [5, 5.41) is 6.96. The van der Waals surface area contributed by atoms with E-state index in [1.165, 1.54) is 0 Å². The molecule has 0 aromatic heterocycles. The lowest BCUT2D eigenvalue weighted by Crippen LogP contribution is -2.45. The molecule has 1 saturated heterocycles. The van der Waals surface area contributed by atoms with E-state index in [9.17, 15) is 4.79 Å². The van der Waals surface area contributed by atoms with E-state index in [0.29, 0.717) is 17.1 Å². The highest BCUT2D eigenvalue weighted by molar-refractivity contribution is 9.10. The second-order valence-electron chi connectivity index (χ2n) is 5.40. The van der Waals surface area contributed by atoms with Crippen LogP contribution >= 0.6 is 27.5 Å². The van der Waals surface area contributed by atoms with Gasteiger partial charge in [-0.1, -0.05) is 18.5 Å². The van der Waals surface area contributed by atoms with Gasteiger partial charge in [-0.15, -0.1) is 0 Å². The van der Waals surface area contributed by atoms with Crippen LogP contribution in [0.4, 0.5) is 0 Å². The molecule has 0 radical (unpaired) electrons. The fraction of sp³-hybridized carbons (Fsp3) is 0.500. The molecule has 1 aromatic rings. The highest BCUT2D eigenvalue weighted by Crippen LogP contribution is 2.25. The normalized spacial score (nSPS) is 23.1. The summed E-state index contributed by atoms with van der Waals surface area (Å²) in [6, 6.07) is 5.23. The van der Waals surface area contributed by atoms with E-state index in [2.05, 4.69) is 33.5 Å². The molecule has 1 heterocycles. The van der Waals surface area contributed by atoms with Gasteiger partial charge in [0.15, 0.2) is 0 Å². The fourth-order valence-corrected chi connectivity index (χ4v) is 2.93. The number of hydrogen-bond acceptors (Lipinski definition) is 2. The number of carbonyl (C=O) groups is 1. The first-order chi connectivity index (χ1) is 9.00. The molecular formula is C14H18BrClN2O. The molecule has 1 aromatic carbocycles. The largest absolute Gasteiger partial charge is 0.351 e. The summed E-state index contributed by atoms with van der Waals surface area (Å²) in [5.74, 6) is -0.0822. The van der Waals surface area contributed by atoms with E-state index in [-0.39, 0.29) is 11.3 Å². The molecule has 2 rings (SSSR count). The third kappa shape index (κ3) is 3.94. The van der Waals surface area contributed by atoms with E-state index in [1.807, 2.05) is 0 Å². The number of carbonyl (C=O) groups excluding carboxylic acids is 1. The van der Waals surface area contributed by atoms with Crippen molar-refractivity contribution in [2.45, 2.75) is 19.8 Å². The Bertz CT molecular complexity index is 473. The summed E-state index contributed by atoms with van der Waals surface area (Å²) in [4.78, 5) is 12.2. The van der Waals surface area contributed by atoms with E-state index >= 15 is 0 Å². The molecule has 1 amide bonds. The van der Waals surface area contributed by atoms with Gasteiger partial charge in [-0.3, -0.25) is 4.79 Å². The number of hydrogen-bond donors (Lipinski definition) is 2. The van der Waals surface area contributed by atoms with Crippen LogP contribution in [0.2, 0.25) is 5.02 Å².